The average molecular weight is 281 g/mol. The monoisotopic (exact) mass is 281 g/mol. The third-order valence-corrected chi connectivity index (χ3v) is 3.00. The van der Waals surface area contributed by atoms with Gasteiger partial charge in [-0.1, -0.05) is 0 Å². The van der Waals surface area contributed by atoms with Crippen molar-refractivity contribution in [1.29, 1.82) is 0 Å². The molecule has 1 amide bonds. The first-order valence-corrected chi connectivity index (χ1v) is 6.02. The van der Waals surface area contributed by atoms with Gasteiger partial charge in [0.2, 0.25) is 0 Å². The Hall–Kier alpha value is -2.44. The number of carboxylic acid groups (broad SMARTS) is 1. The number of benzene rings is 1. The Balaban J connectivity index is 2.54. The van der Waals surface area contributed by atoms with Crippen LogP contribution in [-0.2, 0) is 4.74 Å². The van der Waals surface area contributed by atoms with Crippen LogP contribution >= 0.6 is 0 Å². The van der Waals surface area contributed by atoms with E-state index in [2.05, 4.69) is 0 Å². The molecule has 1 saturated heterocycles. The van der Waals surface area contributed by atoms with Gasteiger partial charge >= 0.3 is 12.1 Å². The molecular weight excluding hydrogens is 266 g/mol. The normalized spacial score (nSPS) is 14.7. The number of hydrogen-bond donors (Lipinski definition) is 1. The van der Waals surface area contributed by atoms with E-state index in [1.807, 2.05) is 0 Å². The van der Waals surface area contributed by atoms with Crippen molar-refractivity contribution < 1.29 is 28.9 Å². The maximum atomic E-state index is 11.8. The molecule has 1 aliphatic rings. The largest absolute Gasteiger partial charge is 0.493 e. The number of aromatic carboxylic acids is 1. The molecule has 1 heterocycles. The van der Waals surface area contributed by atoms with Gasteiger partial charge in [0, 0.05) is 18.7 Å². The lowest BCUT2D eigenvalue weighted by Gasteiger charge is -2.28. The number of nitrogens with zero attached hydrogens (tertiary/aromatic N) is 1. The molecule has 0 aromatic heterocycles. The summed E-state index contributed by atoms with van der Waals surface area (Å²) >= 11 is 0. The highest BCUT2D eigenvalue weighted by Gasteiger charge is 2.27. The van der Waals surface area contributed by atoms with E-state index in [4.69, 9.17) is 14.2 Å². The molecule has 0 spiro atoms. The first-order chi connectivity index (χ1) is 9.58. The number of rotatable bonds is 4. The van der Waals surface area contributed by atoms with Crippen molar-refractivity contribution in [3.8, 4) is 11.5 Å². The van der Waals surface area contributed by atoms with E-state index in [0.717, 1.165) is 0 Å². The molecule has 0 aliphatic carbocycles. The lowest BCUT2D eigenvalue weighted by Crippen LogP contribution is -2.38. The highest BCUT2D eigenvalue weighted by Crippen LogP contribution is 2.36. The molecular formula is C13H15NO6. The molecule has 0 radical (unpaired) electrons. The number of amides is 1. The number of carbonyl (C=O) groups is 2. The third kappa shape index (κ3) is 2.47. The van der Waals surface area contributed by atoms with Crippen LogP contribution < -0.4 is 14.4 Å². The lowest BCUT2D eigenvalue weighted by molar-refractivity contribution is 0.0697. The number of ether oxygens (including phenoxy) is 3. The zero-order chi connectivity index (χ0) is 14.7. The maximum absolute atomic E-state index is 11.8. The van der Waals surface area contributed by atoms with Gasteiger partial charge in [0.25, 0.3) is 0 Å². The molecule has 7 heteroatoms. The second-order valence-corrected chi connectivity index (χ2v) is 4.15. The zero-order valence-corrected chi connectivity index (χ0v) is 11.2. The fourth-order valence-corrected chi connectivity index (χ4v) is 2.03. The minimum Gasteiger partial charge on any atom is -0.493 e. The molecule has 1 aliphatic heterocycles. The highest BCUT2D eigenvalue weighted by atomic mass is 16.6. The van der Waals surface area contributed by atoms with Gasteiger partial charge < -0.3 is 19.3 Å². The van der Waals surface area contributed by atoms with Gasteiger partial charge in [-0.3, -0.25) is 4.90 Å². The van der Waals surface area contributed by atoms with Crippen LogP contribution in [0.1, 0.15) is 16.8 Å². The van der Waals surface area contributed by atoms with Crippen LogP contribution in [-0.4, -0.2) is 44.5 Å². The SMILES string of the molecule is COc1cc(C(=O)O)c(N2CCCOC2=O)cc1OC. The van der Waals surface area contributed by atoms with Gasteiger partial charge in [0.1, 0.15) is 0 Å². The van der Waals surface area contributed by atoms with E-state index in [1.165, 1.54) is 31.3 Å². The van der Waals surface area contributed by atoms with Crippen molar-refractivity contribution in [2.75, 3.05) is 32.3 Å². The number of cyclic esters (lactones) is 1. The summed E-state index contributed by atoms with van der Waals surface area (Å²) in [6, 6.07) is 2.80. The van der Waals surface area contributed by atoms with Gasteiger partial charge in [-0.05, 0) is 6.42 Å². The van der Waals surface area contributed by atoms with Crippen LogP contribution in [0.15, 0.2) is 12.1 Å². The minimum absolute atomic E-state index is 0.0403. The average Bonchev–Trinajstić information content (AvgIpc) is 2.46. The Labute approximate surface area is 115 Å². The summed E-state index contributed by atoms with van der Waals surface area (Å²) < 4.78 is 15.1. The number of anilines is 1. The molecule has 2 rings (SSSR count). The quantitative estimate of drug-likeness (QED) is 0.905. The minimum atomic E-state index is -1.15. The van der Waals surface area contributed by atoms with Crippen molar-refractivity contribution in [2.45, 2.75) is 6.42 Å². The molecule has 1 aromatic rings. The molecule has 7 nitrogen and oxygen atoms in total. The Morgan fingerprint density at radius 1 is 1.30 bits per heavy atom. The second-order valence-electron chi connectivity index (χ2n) is 4.15. The summed E-state index contributed by atoms with van der Waals surface area (Å²) in [5.41, 5.74) is 0.196. The topological polar surface area (TPSA) is 85.3 Å². The zero-order valence-electron chi connectivity index (χ0n) is 11.2. The molecule has 0 saturated carbocycles. The number of carbonyl (C=O) groups excluding carboxylic acids is 1. The first kappa shape index (κ1) is 14.0. The van der Waals surface area contributed by atoms with E-state index in [1.54, 1.807) is 0 Å². The van der Waals surface area contributed by atoms with E-state index >= 15 is 0 Å². The molecule has 0 bridgehead atoms. The smallest absolute Gasteiger partial charge is 0.414 e. The fourth-order valence-electron chi connectivity index (χ4n) is 2.03. The van der Waals surface area contributed by atoms with Crippen molar-refractivity contribution in [3.05, 3.63) is 17.7 Å². The fraction of sp³-hybridized carbons (Fsp3) is 0.385. The third-order valence-electron chi connectivity index (χ3n) is 3.00. The molecule has 1 aromatic carbocycles. The molecule has 1 N–H and O–H groups in total. The van der Waals surface area contributed by atoms with E-state index in [9.17, 15) is 14.7 Å². The van der Waals surface area contributed by atoms with Gasteiger partial charge in [0.05, 0.1) is 32.1 Å². The van der Waals surface area contributed by atoms with Crippen LogP contribution in [0.5, 0.6) is 11.5 Å². The van der Waals surface area contributed by atoms with Gasteiger partial charge in [-0.15, -0.1) is 0 Å². The summed E-state index contributed by atoms with van der Waals surface area (Å²) in [5.74, 6) is -0.510. The standard InChI is InChI=1S/C13H15NO6/c1-18-10-6-8(12(15)16)9(7-11(10)19-2)14-4-3-5-20-13(14)17/h6-7H,3-5H2,1-2H3,(H,15,16). The summed E-state index contributed by atoms with van der Waals surface area (Å²) in [6.45, 7) is 0.736. The summed E-state index contributed by atoms with van der Waals surface area (Å²) in [4.78, 5) is 24.4. The van der Waals surface area contributed by atoms with E-state index < -0.39 is 12.1 Å². The molecule has 20 heavy (non-hydrogen) atoms. The van der Waals surface area contributed by atoms with Crippen LogP contribution in [0, 0.1) is 0 Å². The van der Waals surface area contributed by atoms with E-state index in [-0.39, 0.29) is 11.3 Å². The second kappa shape index (κ2) is 5.68. The van der Waals surface area contributed by atoms with Crippen molar-refractivity contribution >= 4 is 17.7 Å². The summed E-state index contributed by atoms with van der Waals surface area (Å²) in [6.07, 6.45) is 0.0741. The van der Waals surface area contributed by atoms with Crippen LogP contribution in [0.4, 0.5) is 10.5 Å². The van der Waals surface area contributed by atoms with Crippen molar-refractivity contribution in [1.82, 2.24) is 0 Å². The molecule has 0 atom stereocenters. The molecule has 1 fully saturated rings. The Morgan fingerprint density at radius 3 is 2.50 bits per heavy atom. The van der Waals surface area contributed by atoms with Gasteiger partial charge in [-0.2, -0.15) is 0 Å². The summed E-state index contributed by atoms with van der Waals surface area (Å²) in [5, 5.41) is 9.29. The predicted molar refractivity (Wildman–Crippen MR) is 69.8 cm³/mol. The number of hydrogen-bond acceptors (Lipinski definition) is 5. The van der Waals surface area contributed by atoms with Crippen LogP contribution in [0.25, 0.3) is 0 Å². The number of methoxy groups -OCH3 is 2. The predicted octanol–water partition coefficient (Wildman–Crippen LogP) is 1.75. The maximum Gasteiger partial charge on any atom is 0.414 e. The van der Waals surface area contributed by atoms with Crippen LogP contribution in [0.2, 0.25) is 0 Å². The molecule has 108 valence electrons. The Bertz CT molecular complexity index is 542. The van der Waals surface area contributed by atoms with E-state index in [0.29, 0.717) is 31.1 Å². The van der Waals surface area contributed by atoms with Crippen LogP contribution in [0.3, 0.4) is 0 Å². The van der Waals surface area contributed by atoms with Crippen molar-refractivity contribution in [2.24, 2.45) is 0 Å². The van der Waals surface area contributed by atoms with Crippen molar-refractivity contribution in [3.63, 3.8) is 0 Å². The van der Waals surface area contributed by atoms with Gasteiger partial charge in [0.15, 0.2) is 11.5 Å². The Kier molecular flexibility index (Phi) is 3.97. The highest BCUT2D eigenvalue weighted by molar-refractivity contribution is 6.01. The Morgan fingerprint density at radius 2 is 1.95 bits per heavy atom. The first-order valence-electron chi connectivity index (χ1n) is 6.02. The molecule has 0 unspecified atom stereocenters. The lowest BCUT2D eigenvalue weighted by atomic mass is 10.1. The number of carboxylic acids is 1. The summed E-state index contributed by atoms with van der Waals surface area (Å²) in [7, 11) is 2.86. The van der Waals surface area contributed by atoms with Gasteiger partial charge in [-0.25, -0.2) is 9.59 Å².